The van der Waals surface area contributed by atoms with Gasteiger partial charge in [0, 0.05) is 13.0 Å². The summed E-state index contributed by atoms with van der Waals surface area (Å²) in [6, 6.07) is 0. The van der Waals surface area contributed by atoms with Gasteiger partial charge in [-0.1, -0.05) is 30.7 Å². The van der Waals surface area contributed by atoms with E-state index in [1.165, 1.54) is 16.7 Å². The van der Waals surface area contributed by atoms with E-state index >= 15 is 0 Å². The van der Waals surface area contributed by atoms with Crippen molar-refractivity contribution in [1.82, 2.24) is 10.2 Å². The third-order valence-electron chi connectivity index (χ3n) is 3.87. The second-order valence-corrected chi connectivity index (χ2v) is 5.67. The molecule has 2 aliphatic heterocycles. The van der Waals surface area contributed by atoms with E-state index in [2.05, 4.69) is 23.5 Å². The fourth-order valence-electron chi connectivity index (χ4n) is 2.68. The van der Waals surface area contributed by atoms with Crippen LogP contribution < -0.4 is 5.32 Å². The van der Waals surface area contributed by atoms with Crippen LogP contribution in [0.2, 0.25) is 0 Å². The van der Waals surface area contributed by atoms with Gasteiger partial charge in [0.15, 0.2) is 6.26 Å². The maximum atomic E-state index is 12.0. The molecule has 0 spiro atoms. The van der Waals surface area contributed by atoms with Crippen molar-refractivity contribution in [2.75, 3.05) is 19.6 Å². The molecule has 3 aliphatic rings. The van der Waals surface area contributed by atoms with Crippen LogP contribution in [-0.2, 0) is 14.2 Å². The maximum absolute atomic E-state index is 12.0. The Labute approximate surface area is 136 Å². The molecule has 1 N–H and O–H groups in total. The van der Waals surface area contributed by atoms with E-state index in [1.807, 2.05) is 6.92 Å². The minimum atomic E-state index is -0.399. The highest BCUT2D eigenvalue weighted by molar-refractivity contribution is 5.71. The first-order chi connectivity index (χ1) is 11.3. The van der Waals surface area contributed by atoms with E-state index in [9.17, 15) is 4.79 Å². The average molecular weight is 318 g/mol. The zero-order chi connectivity index (χ0) is 16.1. The maximum Gasteiger partial charge on any atom is 0.417 e. The Morgan fingerprint density at radius 1 is 1.39 bits per heavy atom. The smallest absolute Gasteiger partial charge is 0.417 e. The van der Waals surface area contributed by atoms with Gasteiger partial charge in [-0.15, -0.1) is 0 Å². The zero-order valence-corrected chi connectivity index (χ0v) is 13.3. The third-order valence-corrected chi connectivity index (χ3v) is 3.87. The summed E-state index contributed by atoms with van der Waals surface area (Å²) in [5.74, 6) is 1.09. The summed E-state index contributed by atoms with van der Waals surface area (Å²) in [4.78, 5) is 13.5. The minimum Gasteiger partial charge on any atom is -0.464 e. The number of nitrogens with zero attached hydrogens (tertiary/aromatic N) is 1. The Kier molecular flexibility index (Phi) is 5.02. The molecule has 6 nitrogen and oxygen atoms in total. The number of hydrogen-bond donors (Lipinski definition) is 1. The third kappa shape index (κ3) is 3.96. The lowest BCUT2D eigenvalue weighted by atomic mass is 10.0. The first kappa shape index (κ1) is 15.7. The summed E-state index contributed by atoms with van der Waals surface area (Å²) in [5, 5.41) is 3.18. The van der Waals surface area contributed by atoms with Crippen molar-refractivity contribution in [3.05, 3.63) is 48.0 Å². The fourth-order valence-corrected chi connectivity index (χ4v) is 2.68. The number of cyclic esters (lactones) is 1. The Morgan fingerprint density at radius 2 is 2.30 bits per heavy atom. The molecule has 0 aromatic rings. The summed E-state index contributed by atoms with van der Waals surface area (Å²) >= 11 is 0. The number of amides is 1. The van der Waals surface area contributed by atoms with Crippen LogP contribution in [0.5, 0.6) is 0 Å². The molecule has 23 heavy (non-hydrogen) atoms. The second kappa shape index (κ2) is 7.37. The van der Waals surface area contributed by atoms with Gasteiger partial charge in [-0.3, -0.25) is 0 Å². The van der Waals surface area contributed by atoms with E-state index in [0.29, 0.717) is 31.2 Å². The van der Waals surface area contributed by atoms with E-state index in [0.717, 1.165) is 19.4 Å². The summed E-state index contributed by atoms with van der Waals surface area (Å²) in [7, 11) is 0. The molecule has 6 heteroatoms. The molecule has 1 atom stereocenters. The van der Waals surface area contributed by atoms with Crippen molar-refractivity contribution in [3.8, 4) is 0 Å². The number of ether oxygens (including phenoxy) is 3. The van der Waals surface area contributed by atoms with Gasteiger partial charge >= 0.3 is 6.09 Å². The molecule has 0 aromatic carbocycles. The monoisotopic (exact) mass is 318 g/mol. The van der Waals surface area contributed by atoms with Gasteiger partial charge in [-0.2, -0.15) is 0 Å². The van der Waals surface area contributed by atoms with Crippen LogP contribution in [0.3, 0.4) is 0 Å². The quantitative estimate of drug-likeness (QED) is 0.816. The van der Waals surface area contributed by atoms with Crippen molar-refractivity contribution in [2.24, 2.45) is 0 Å². The predicted molar refractivity (Wildman–Crippen MR) is 84.9 cm³/mol. The van der Waals surface area contributed by atoms with Crippen molar-refractivity contribution < 1.29 is 19.0 Å². The van der Waals surface area contributed by atoms with Gasteiger partial charge in [0.2, 0.25) is 5.88 Å². The molecule has 1 saturated heterocycles. The largest absolute Gasteiger partial charge is 0.464 e. The van der Waals surface area contributed by atoms with Crippen LogP contribution in [0.25, 0.3) is 0 Å². The van der Waals surface area contributed by atoms with Crippen LogP contribution in [0, 0.1) is 0 Å². The molecule has 0 aromatic heterocycles. The normalized spacial score (nSPS) is 23.5. The van der Waals surface area contributed by atoms with E-state index < -0.39 is 6.09 Å². The summed E-state index contributed by atoms with van der Waals surface area (Å²) in [5.41, 5.74) is 1.29. The van der Waals surface area contributed by atoms with Crippen LogP contribution in [0.1, 0.15) is 26.2 Å². The molecule has 1 amide bonds. The zero-order valence-electron chi connectivity index (χ0n) is 13.3. The summed E-state index contributed by atoms with van der Waals surface area (Å²) in [6.45, 7) is 3.95. The van der Waals surface area contributed by atoms with Crippen LogP contribution >= 0.6 is 0 Å². The van der Waals surface area contributed by atoms with Gasteiger partial charge in [0.25, 0.3) is 0 Å². The van der Waals surface area contributed by atoms with Gasteiger partial charge in [-0.05, 0) is 19.4 Å². The average Bonchev–Trinajstić information content (AvgIpc) is 2.95. The first-order valence-electron chi connectivity index (χ1n) is 8.02. The molecule has 0 bridgehead atoms. The van der Waals surface area contributed by atoms with Crippen molar-refractivity contribution in [2.45, 2.75) is 32.3 Å². The first-order valence-corrected chi connectivity index (χ1v) is 8.02. The Hall–Kier alpha value is -2.21. The van der Waals surface area contributed by atoms with Crippen LogP contribution in [0.4, 0.5) is 4.79 Å². The predicted octanol–water partition coefficient (Wildman–Crippen LogP) is 2.77. The van der Waals surface area contributed by atoms with Crippen molar-refractivity contribution >= 4 is 6.09 Å². The number of carbonyl (C=O) groups is 1. The molecule has 3 rings (SSSR count). The number of nitrogens with one attached hydrogen (secondary N) is 1. The van der Waals surface area contributed by atoms with E-state index in [4.69, 9.17) is 14.2 Å². The number of likely N-dealkylation sites (N-methyl/N-ethyl adjacent to an activating group) is 1. The highest BCUT2D eigenvalue weighted by atomic mass is 16.6. The highest BCUT2D eigenvalue weighted by Gasteiger charge is 2.35. The van der Waals surface area contributed by atoms with Crippen molar-refractivity contribution in [1.29, 1.82) is 0 Å². The number of rotatable bonds is 6. The molecular weight excluding hydrogens is 296 g/mol. The lowest BCUT2D eigenvalue weighted by molar-refractivity contribution is 0.116. The number of carbonyl (C=O) groups excluding carboxylic acids is 1. The van der Waals surface area contributed by atoms with Gasteiger partial charge < -0.3 is 19.5 Å². The van der Waals surface area contributed by atoms with Gasteiger partial charge in [0.1, 0.15) is 18.1 Å². The van der Waals surface area contributed by atoms with Gasteiger partial charge in [-0.25, -0.2) is 9.69 Å². The lowest BCUT2D eigenvalue weighted by Crippen LogP contribution is -2.31. The van der Waals surface area contributed by atoms with Crippen LogP contribution in [0.15, 0.2) is 48.0 Å². The highest BCUT2D eigenvalue weighted by Crippen LogP contribution is 2.27. The fraction of sp³-hybridized carbons (Fsp3) is 0.471. The van der Waals surface area contributed by atoms with Crippen LogP contribution in [-0.4, -0.2) is 36.7 Å². The Bertz CT molecular complexity index is 577. The Balaban J connectivity index is 1.57. The molecule has 2 heterocycles. The van der Waals surface area contributed by atoms with E-state index in [1.54, 1.807) is 6.26 Å². The standard InChI is InChI=1S/C17H22N2O4/c1-2-18-9-15-10-19(17(20)23-15)16-12-21-11-14(22-16)8-13-6-4-3-5-7-13/h3-4,6,11-12,15,18H,2,5,7-10H2,1H3. The Morgan fingerprint density at radius 3 is 3.09 bits per heavy atom. The molecule has 0 saturated carbocycles. The SMILES string of the molecule is CCNCC1CN(C2=COC=C(CC3=CC=CCC3)O2)C(=O)O1. The molecule has 0 radical (unpaired) electrons. The molecular formula is C17H22N2O4. The second-order valence-electron chi connectivity index (χ2n) is 5.67. The molecule has 1 fully saturated rings. The van der Waals surface area contributed by atoms with Gasteiger partial charge in [0.05, 0.1) is 6.54 Å². The summed E-state index contributed by atoms with van der Waals surface area (Å²) < 4.78 is 16.5. The number of hydrogen-bond acceptors (Lipinski definition) is 5. The van der Waals surface area contributed by atoms with Crippen molar-refractivity contribution in [3.63, 3.8) is 0 Å². The van der Waals surface area contributed by atoms with E-state index in [-0.39, 0.29) is 6.10 Å². The number of allylic oxidation sites excluding steroid dienone is 4. The molecule has 1 unspecified atom stereocenters. The lowest BCUT2D eigenvalue weighted by Gasteiger charge is -2.22. The molecule has 124 valence electrons. The topological polar surface area (TPSA) is 60.0 Å². The summed E-state index contributed by atoms with van der Waals surface area (Å²) in [6.07, 6.45) is 11.5. The minimum absolute atomic E-state index is 0.174. The molecule has 1 aliphatic carbocycles.